The number of hydrogen-bond acceptors (Lipinski definition) is 4. The van der Waals surface area contributed by atoms with E-state index in [0.29, 0.717) is 19.8 Å². The highest BCUT2D eigenvalue weighted by Gasteiger charge is 2.17. The third-order valence-corrected chi connectivity index (χ3v) is 3.69. The van der Waals surface area contributed by atoms with Gasteiger partial charge in [-0.1, -0.05) is 12.1 Å². The van der Waals surface area contributed by atoms with Gasteiger partial charge in [-0.15, -0.1) is 0 Å². The summed E-state index contributed by atoms with van der Waals surface area (Å²) in [5, 5.41) is 6.93. The normalized spacial score (nSPS) is 12.0. The maximum Gasteiger partial charge on any atom is 0.317 e. The maximum absolute atomic E-state index is 12.1. The molecule has 23 heavy (non-hydrogen) atoms. The first-order valence-corrected chi connectivity index (χ1v) is 7.66. The van der Waals surface area contributed by atoms with E-state index in [4.69, 9.17) is 4.74 Å². The van der Waals surface area contributed by atoms with Gasteiger partial charge in [0, 0.05) is 20.2 Å². The van der Waals surface area contributed by atoms with Crippen LogP contribution in [0.4, 0.5) is 4.79 Å². The van der Waals surface area contributed by atoms with Gasteiger partial charge in [-0.3, -0.25) is 0 Å². The van der Waals surface area contributed by atoms with Crippen molar-refractivity contribution in [2.45, 2.75) is 19.9 Å². The Hall–Kier alpha value is -2.41. The second-order valence-corrected chi connectivity index (χ2v) is 5.15. The molecule has 2 amide bonds. The van der Waals surface area contributed by atoms with Crippen LogP contribution in [-0.2, 0) is 4.74 Å². The molecule has 0 aliphatic carbocycles. The van der Waals surface area contributed by atoms with Crippen LogP contribution in [0.2, 0.25) is 0 Å². The van der Waals surface area contributed by atoms with Crippen molar-refractivity contribution >= 4 is 6.03 Å². The van der Waals surface area contributed by atoms with Gasteiger partial charge in [0.2, 0.25) is 0 Å². The molecule has 0 fully saturated rings. The molecule has 7 heteroatoms. The van der Waals surface area contributed by atoms with Crippen LogP contribution in [0.1, 0.15) is 25.5 Å². The molecule has 1 aromatic carbocycles. The van der Waals surface area contributed by atoms with Gasteiger partial charge in [0.15, 0.2) is 0 Å². The van der Waals surface area contributed by atoms with Gasteiger partial charge >= 0.3 is 6.03 Å². The van der Waals surface area contributed by atoms with E-state index in [0.717, 1.165) is 11.3 Å². The van der Waals surface area contributed by atoms with E-state index in [2.05, 4.69) is 15.4 Å². The van der Waals surface area contributed by atoms with Crippen molar-refractivity contribution in [1.82, 2.24) is 25.0 Å². The monoisotopic (exact) mass is 317 g/mol. The lowest BCUT2D eigenvalue weighted by atomic mass is 10.1. The van der Waals surface area contributed by atoms with Crippen molar-refractivity contribution in [3.05, 3.63) is 42.5 Å². The first-order valence-electron chi connectivity index (χ1n) is 7.66. The molecule has 7 nitrogen and oxygen atoms in total. The van der Waals surface area contributed by atoms with E-state index < -0.39 is 0 Å². The van der Waals surface area contributed by atoms with Crippen LogP contribution < -0.4 is 5.32 Å². The first-order chi connectivity index (χ1) is 11.1. The molecule has 2 aromatic rings. The van der Waals surface area contributed by atoms with Crippen LogP contribution in [0.15, 0.2) is 36.9 Å². The molecule has 1 N–H and O–H groups in total. The van der Waals surface area contributed by atoms with Gasteiger partial charge in [0.25, 0.3) is 0 Å². The number of carbonyl (C=O) groups excluding carboxylic acids is 1. The smallest absolute Gasteiger partial charge is 0.317 e. The van der Waals surface area contributed by atoms with E-state index in [1.54, 1.807) is 23.0 Å². The van der Waals surface area contributed by atoms with Crippen molar-refractivity contribution in [2.24, 2.45) is 0 Å². The summed E-state index contributed by atoms with van der Waals surface area (Å²) in [5.41, 5.74) is 1.98. The number of rotatable bonds is 7. The molecule has 1 aromatic heterocycles. The standard InChI is InChI=1S/C16H23N5O2/c1-4-23-10-9-18-16(22)20(3)13(2)14-5-7-15(8-6-14)21-12-17-11-19-21/h5-8,11-13H,4,9-10H2,1-3H3,(H,18,22)/t13-/m1/s1. The van der Waals surface area contributed by atoms with E-state index in [1.807, 2.05) is 38.1 Å². The molecule has 1 heterocycles. The van der Waals surface area contributed by atoms with Crippen LogP contribution >= 0.6 is 0 Å². The lowest BCUT2D eigenvalue weighted by Gasteiger charge is -2.25. The summed E-state index contributed by atoms with van der Waals surface area (Å²) in [6.45, 7) is 5.61. The highest BCUT2D eigenvalue weighted by molar-refractivity contribution is 5.74. The zero-order valence-electron chi connectivity index (χ0n) is 13.8. The van der Waals surface area contributed by atoms with Gasteiger partial charge in [0.1, 0.15) is 12.7 Å². The van der Waals surface area contributed by atoms with Crippen molar-refractivity contribution in [1.29, 1.82) is 0 Å². The Balaban J connectivity index is 1.93. The molecular weight excluding hydrogens is 294 g/mol. The van der Waals surface area contributed by atoms with Gasteiger partial charge in [-0.2, -0.15) is 5.10 Å². The number of nitrogens with zero attached hydrogens (tertiary/aromatic N) is 4. The fourth-order valence-electron chi connectivity index (χ4n) is 2.15. The zero-order chi connectivity index (χ0) is 16.7. The number of hydrogen-bond donors (Lipinski definition) is 1. The SMILES string of the molecule is CCOCCNC(=O)N(C)[C@H](C)c1ccc(-n2cncn2)cc1. The van der Waals surface area contributed by atoms with E-state index in [9.17, 15) is 4.79 Å². The summed E-state index contributed by atoms with van der Waals surface area (Å²) in [6, 6.07) is 7.75. The lowest BCUT2D eigenvalue weighted by molar-refractivity contribution is 0.145. The van der Waals surface area contributed by atoms with E-state index >= 15 is 0 Å². The van der Waals surface area contributed by atoms with Crippen LogP contribution in [0.3, 0.4) is 0 Å². The Morgan fingerprint density at radius 3 is 2.74 bits per heavy atom. The summed E-state index contributed by atoms with van der Waals surface area (Å²) in [6.07, 6.45) is 3.15. The molecule has 0 bridgehead atoms. The Kier molecular flexibility index (Phi) is 6.10. The third kappa shape index (κ3) is 4.53. The van der Waals surface area contributed by atoms with Crippen molar-refractivity contribution < 1.29 is 9.53 Å². The zero-order valence-corrected chi connectivity index (χ0v) is 13.8. The minimum Gasteiger partial charge on any atom is -0.380 e. The number of ether oxygens (including phenoxy) is 1. The predicted molar refractivity (Wildman–Crippen MR) is 87.4 cm³/mol. The fraction of sp³-hybridized carbons (Fsp3) is 0.438. The summed E-state index contributed by atoms with van der Waals surface area (Å²) in [7, 11) is 1.78. The minimum atomic E-state index is -0.113. The number of urea groups is 1. The Morgan fingerprint density at radius 1 is 1.39 bits per heavy atom. The molecule has 0 spiro atoms. The maximum atomic E-state index is 12.1. The quantitative estimate of drug-likeness (QED) is 0.793. The Morgan fingerprint density at radius 2 is 2.13 bits per heavy atom. The average Bonchev–Trinajstić information content (AvgIpc) is 3.12. The summed E-state index contributed by atoms with van der Waals surface area (Å²) >= 11 is 0. The van der Waals surface area contributed by atoms with Crippen LogP contribution in [0.25, 0.3) is 5.69 Å². The molecule has 0 unspecified atom stereocenters. The van der Waals surface area contributed by atoms with Gasteiger partial charge in [0.05, 0.1) is 18.3 Å². The predicted octanol–water partition coefficient (Wildman–Crippen LogP) is 2.01. The van der Waals surface area contributed by atoms with Crippen molar-refractivity contribution in [2.75, 3.05) is 26.8 Å². The molecular formula is C16H23N5O2. The second-order valence-electron chi connectivity index (χ2n) is 5.15. The molecule has 0 saturated carbocycles. The molecule has 0 aliphatic heterocycles. The topological polar surface area (TPSA) is 72.3 Å². The molecule has 0 saturated heterocycles. The number of nitrogens with one attached hydrogen (secondary N) is 1. The summed E-state index contributed by atoms with van der Waals surface area (Å²) in [5.74, 6) is 0. The third-order valence-electron chi connectivity index (χ3n) is 3.69. The molecule has 1 atom stereocenters. The number of aromatic nitrogens is 3. The molecule has 0 radical (unpaired) electrons. The number of amides is 2. The van der Waals surface area contributed by atoms with E-state index in [1.165, 1.54) is 6.33 Å². The molecule has 0 aliphatic rings. The number of benzene rings is 1. The lowest BCUT2D eigenvalue weighted by Crippen LogP contribution is -2.40. The Bertz CT molecular complexity index is 597. The fourth-order valence-corrected chi connectivity index (χ4v) is 2.15. The van der Waals surface area contributed by atoms with Crippen molar-refractivity contribution in [3.8, 4) is 5.69 Å². The Labute approximate surface area is 136 Å². The van der Waals surface area contributed by atoms with Gasteiger partial charge in [-0.05, 0) is 31.5 Å². The highest BCUT2D eigenvalue weighted by atomic mass is 16.5. The largest absolute Gasteiger partial charge is 0.380 e. The van der Waals surface area contributed by atoms with Gasteiger partial charge < -0.3 is 15.0 Å². The minimum absolute atomic E-state index is 0.0353. The highest BCUT2D eigenvalue weighted by Crippen LogP contribution is 2.20. The first kappa shape index (κ1) is 17.0. The number of carbonyl (C=O) groups is 1. The van der Waals surface area contributed by atoms with Crippen LogP contribution in [0.5, 0.6) is 0 Å². The van der Waals surface area contributed by atoms with Crippen LogP contribution in [-0.4, -0.2) is 52.5 Å². The molecule has 2 rings (SSSR count). The van der Waals surface area contributed by atoms with Crippen LogP contribution in [0, 0.1) is 0 Å². The summed E-state index contributed by atoms with van der Waals surface area (Å²) in [4.78, 5) is 17.7. The van der Waals surface area contributed by atoms with Crippen molar-refractivity contribution in [3.63, 3.8) is 0 Å². The van der Waals surface area contributed by atoms with E-state index in [-0.39, 0.29) is 12.1 Å². The summed E-state index contributed by atoms with van der Waals surface area (Å²) < 4.78 is 6.90. The second kappa shape index (κ2) is 8.28. The molecule has 124 valence electrons. The average molecular weight is 317 g/mol. The van der Waals surface area contributed by atoms with Gasteiger partial charge in [-0.25, -0.2) is 14.5 Å².